The van der Waals surface area contributed by atoms with Crippen molar-refractivity contribution < 1.29 is 19.4 Å². The van der Waals surface area contributed by atoms with Crippen molar-refractivity contribution >= 4 is 5.91 Å². The van der Waals surface area contributed by atoms with E-state index in [1.807, 2.05) is 66.7 Å². The highest BCUT2D eigenvalue weighted by Crippen LogP contribution is 2.34. The van der Waals surface area contributed by atoms with E-state index in [9.17, 15) is 9.90 Å². The number of aliphatic hydroxyl groups excluding tert-OH is 1. The van der Waals surface area contributed by atoms with E-state index in [2.05, 4.69) is 12.1 Å². The van der Waals surface area contributed by atoms with Crippen LogP contribution in [0.25, 0.3) is 0 Å². The Morgan fingerprint density at radius 3 is 2.61 bits per heavy atom. The van der Waals surface area contributed by atoms with E-state index < -0.39 is 6.10 Å². The standard InChI is InChI=1S/C26H27NO4/c1-30-23-12-7-11-20(15-23)24-16-22(28)17-27(24)26(29)18-31-25-13-6-5-10-21(25)14-19-8-3-2-4-9-19/h2-13,15,22,24,28H,14,16-18H2,1H3. The summed E-state index contributed by atoms with van der Waals surface area (Å²) < 4.78 is 11.3. The number of benzene rings is 3. The molecule has 5 nitrogen and oxygen atoms in total. The van der Waals surface area contributed by atoms with Gasteiger partial charge < -0.3 is 19.5 Å². The van der Waals surface area contributed by atoms with E-state index in [-0.39, 0.29) is 18.6 Å². The molecule has 3 aromatic rings. The summed E-state index contributed by atoms with van der Waals surface area (Å²) in [5, 5.41) is 10.2. The number of aliphatic hydroxyl groups is 1. The summed E-state index contributed by atoms with van der Waals surface area (Å²) in [6, 6.07) is 25.4. The zero-order valence-corrected chi connectivity index (χ0v) is 17.6. The predicted octanol–water partition coefficient (Wildman–Crippen LogP) is 4.00. The lowest BCUT2D eigenvalue weighted by Gasteiger charge is -2.25. The third kappa shape index (κ3) is 5.06. The Balaban J connectivity index is 1.46. The van der Waals surface area contributed by atoms with Gasteiger partial charge in [0.05, 0.1) is 19.3 Å². The Morgan fingerprint density at radius 2 is 1.81 bits per heavy atom. The summed E-state index contributed by atoms with van der Waals surface area (Å²) >= 11 is 0. The molecule has 4 rings (SSSR count). The van der Waals surface area contributed by atoms with E-state index >= 15 is 0 Å². The predicted molar refractivity (Wildman–Crippen MR) is 119 cm³/mol. The second-order valence-corrected chi connectivity index (χ2v) is 7.79. The van der Waals surface area contributed by atoms with Crippen LogP contribution in [-0.2, 0) is 11.2 Å². The molecule has 1 fully saturated rings. The second kappa shape index (κ2) is 9.67. The SMILES string of the molecule is COc1cccc(C2CC(O)CN2C(=O)COc2ccccc2Cc2ccccc2)c1. The number of methoxy groups -OCH3 is 1. The first kappa shape index (κ1) is 20.9. The van der Waals surface area contributed by atoms with E-state index in [1.54, 1.807) is 12.0 Å². The third-order valence-corrected chi connectivity index (χ3v) is 5.64. The van der Waals surface area contributed by atoms with Crippen LogP contribution in [0, 0.1) is 0 Å². The molecule has 3 aromatic carbocycles. The Kier molecular flexibility index (Phi) is 6.53. The van der Waals surface area contributed by atoms with E-state index in [4.69, 9.17) is 9.47 Å². The van der Waals surface area contributed by atoms with Crippen LogP contribution in [-0.4, -0.2) is 42.3 Å². The molecule has 1 aliphatic rings. The van der Waals surface area contributed by atoms with E-state index in [1.165, 1.54) is 5.56 Å². The zero-order valence-electron chi connectivity index (χ0n) is 17.6. The number of nitrogens with zero attached hydrogens (tertiary/aromatic N) is 1. The van der Waals surface area contributed by atoms with Crippen LogP contribution < -0.4 is 9.47 Å². The fourth-order valence-electron chi connectivity index (χ4n) is 4.08. The molecular weight excluding hydrogens is 390 g/mol. The maximum atomic E-state index is 13.0. The van der Waals surface area contributed by atoms with Crippen molar-refractivity contribution in [3.8, 4) is 11.5 Å². The van der Waals surface area contributed by atoms with Gasteiger partial charge in [0, 0.05) is 13.0 Å². The van der Waals surface area contributed by atoms with Crippen molar-refractivity contribution in [2.75, 3.05) is 20.3 Å². The molecule has 0 radical (unpaired) electrons. The zero-order chi connectivity index (χ0) is 21.6. The number of hydrogen-bond donors (Lipinski definition) is 1. The van der Waals surface area contributed by atoms with Gasteiger partial charge in [0.1, 0.15) is 11.5 Å². The van der Waals surface area contributed by atoms with Gasteiger partial charge in [-0.3, -0.25) is 4.79 Å². The number of amides is 1. The van der Waals surface area contributed by atoms with Crippen LogP contribution >= 0.6 is 0 Å². The van der Waals surface area contributed by atoms with Gasteiger partial charge in [-0.25, -0.2) is 0 Å². The fraction of sp³-hybridized carbons (Fsp3) is 0.269. The topological polar surface area (TPSA) is 59.0 Å². The monoisotopic (exact) mass is 417 g/mol. The van der Waals surface area contributed by atoms with E-state index in [0.29, 0.717) is 18.7 Å². The summed E-state index contributed by atoms with van der Waals surface area (Å²) in [6.45, 7) is 0.231. The highest BCUT2D eigenvalue weighted by Gasteiger charge is 2.35. The first-order valence-electron chi connectivity index (χ1n) is 10.5. The van der Waals surface area contributed by atoms with Crippen molar-refractivity contribution in [3.63, 3.8) is 0 Å². The van der Waals surface area contributed by atoms with Crippen molar-refractivity contribution in [2.45, 2.75) is 25.0 Å². The molecule has 1 aliphatic heterocycles. The molecule has 1 heterocycles. The maximum absolute atomic E-state index is 13.0. The lowest BCUT2D eigenvalue weighted by molar-refractivity contribution is -0.134. The molecule has 1 N–H and O–H groups in total. The summed E-state index contributed by atoms with van der Waals surface area (Å²) in [7, 11) is 1.62. The number of carbonyl (C=O) groups excluding carboxylic acids is 1. The number of likely N-dealkylation sites (tertiary alicyclic amines) is 1. The minimum atomic E-state index is -0.550. The Morgan fingerprint density at radius 1 is 1.03 bits per heavy atom. The molecule has 0 saturated carbocycles. The minimum Gasteiger partial charge on any atom is -0.497 e. The van der Waals surface area contributed by atoms with Crippen molar-refractivity contribution in [3.05, 3.63) is 95.6 Å². The molecule has 2 atom stereocenters. The second-order valence-electron chi connectivity index (χ2n) is 7.79. The minimum absolute atomic E-state index is 0.0704. The van der Waals surface area contributed by atoms with Crippen LogP contribution in [0.1, 0.15) is 29.2 Å². The highest BCUT2D eigenvalue weighted by atomic mass is 16.5. The normalized spacial score (nSPS) is 18.1. The molecular formula is C26H27NO4. The van der Waals surface area contributed by atoms with Gasteiger partial charge in [0.15, 0.2) is 6.61 Å². The summed E-state index contributed by atoms with van der Waals surface area (Å²) in [5.41, 5.74) is 3.17. The first-order valence-corrected chi connectivity index (χ1v) is 10.5. The summed E-state index contributed by atoms with van der Waals surface area (Å²) in [4.78, 5) is 14.7. The van der Waals surface area contributed by atoms with Gasteiger partial charge in [-0.05, 0) is 41.3 Å². The van der Waals surface area contributed by atoms with Crippen molar-refractivity contribution in [1.29, 1.82) is 0 Å². The lowest BCUT2D eigenvalue weighted by Crippen LogP contribution is -2.35. The summed E-state index contributed by atoms with van der Waals surface area (Å²) in [5.74, 6) is 1.30. The molecule has 1 amide bonds. The summed E-state index contributed by atoms with van der Waals surface area (Å²) in [6.07, 6.45) is 0.689. The average molecular weight is 418 g/mol. The van der Waals surface area contributed by atoms with Crippen LogP contribution in [0.2, 0.25) is 0 Å². The molecule has 1 saturated heterocycles. The molecule has 160 valence electrons. The number of carbonyl (C=O) groups is 1. The number of rotatable bonds is 7. The lowest BCUT2D eigenvalue weighted by atomic mass is 10.0. The number of para-hydroxylation sites is 1. The van der Waals surface area contributed by atoms with Crippen LogP contribution in [0.4, 0.5) is 0 Å². The Hall–Kier alpha value is -3.31. The number of hydrogen-bond acceptors (Lipinski definition) is 4. The Labute approximate surface area is 182 Å². The third-order valence-electron chi connectivity index (χ3n) is 5.64. The van der Waals surface area contributed by atoms with Crippen molar-refractivity contribution in [1.82, 2.24) is 4.90 Å². The Bertz CT molecular complexity index is 1020. The quantitative estimate of drug-likeness (QED) is 0.631. The molecule has 0 aromatic heterocycles. The van der Waals surface area contributed by atoms with Gasteiger partial charge in [-0.15, -0.1) is 0 Å². The van der Waals surface area contributed by atoms with E-state index in [0.717, 1.165) is 23.3 Å². The molecule has 31 heavy (non-hydrogen) atoms. The number of β-amino-alcohol motifs (C(OH)–C–C–N with tert-alkyl or cyclic N) is 1. The first-order chi connectivity index (χ1) is 15.1. The molecule has 2 unspecified atom stereocenters. The van der Waals surface area contributed by atoms with Crippen LogP contribution in [0.5, 0.6) is 11.5 Å². The maximum Gasteiger partial charge on any atom is 0.261 e. The average Bonchev–Trinajstić information content (AvgIpc) is 3.21. The molecule has 0 aliphatic carbocycles. The van der Waals surface area contributed by atoms with Gasteiger partial charge in [-0.1, -0.05) is 60.7 Å². The molecule has 0 bridgehead atoms. The van der Waals surface area contributed by atoms with Crippen molar-refractivity contribution in [2.24, 2.45) is 0 Å². The van der Waals surface area contributed by atoms with Gasteiger partial charge in [-0.2, -0.15) is 0 Å². The van der Waals surface area contributed by atoms with Gasteiger partial charge in [0.2, 0.25) is 0 Å². The molecule has 0 spiro atoms. The van der Waals surface area contributed by atoms with Gasteiger partial charge >= 0.3 is 0 Å². The largest absolute Gasteiger partial charge is 0.497 e. The molecule has 5 heteroatoms. The fourth-order valence-corrected chi connectivity index (χ4v) is 4.08. The smallest absolute Gasteiger partial charge is 0.261 e. The van der Waals surface area contributed by atoms with Gasteiger partial charge in [0.25, 0.3) is 5.91 Å². The number of ether oxygens (including phenoxy) is 2. The van der Waals surface area contributed by atoms with Crippen LogP contribution in [0.15, 0.2) is 78.9 Å². The van der Waals surface area contributed by atoms with Crippen LogP contribution in [0.3, 0.4) is 0 Å². The highest BCUT2D eigenvalue weighted by molar-refractivity contribution is 5.78.